The number of likely N-dealkylation sites (N-methyl/N-ethyl adjacent to an activating group) is 1. The van der Waals surface area contributed by atoms with Crippen molar-refractivity contribution in [2.24, 2.45) is 0 Å². The summed E-state index contributed by atoms with van der Waals surface area (Å²) in [6.45, 7) is 1.84. The number of hydrogen-bond donors (Lipinski definition) is 1. The highest BCUT2D eigenvalue weighted by molar-refractivity contribution is 7.12. The van der Waals surface area contributed by atoms with Gasteiger partial charge in [-0.2, -0.15) is 0 Å². The van der Waals surface area contributed by atoms with Gasteiger partial charge in [0.15, 0.2) is 0 Å². The lowest BCUT2D eigenvalue weighted by Gasteiger charge is -2.32. The van der Waals surface area contributed by atoms with Gasteiger partial charge in [-0.25, -0.2) is 0 Å². The van der Waals surface area contributed by atoms with Crippen LogP contribution in [0.2, 0.25) is 5.02 Å². The molecule has 0 bridgehead atoms. The molecular weight excluding hydrogens is 256 g/mol. The minimum atomic E-state index is -0.0519. The first-order valence-corrected chi connectivity index (χ1v) is 7.15. The molecule has 2 rings (SSSR count). The zero-order valence-electron chi connectivity index (χ0n) is 9.91. The van der Waals surface area contributed by atoms with Gasteiger partial charge in [0, 0.05) is 12.6 Å². The van der Waals surface area contributed by atoms with E-state index in [9.17, 15) is 4.79 Å². The van der Waals surface area contributed by atoms with Gasteiger partial charge in [0.25, 0.3) is 5.91 Å². The van der Waals surface area contributed by atoms with Crippen LogP contribution in [0.15, 0.2) is 11.4 Å². The van der Waals surface area contributed by atoms with Crippen LogP contribution in [0.3, 0.4) is 0 Å². The maximum atomic E-state index is 11.9. The van der Waals surface area contributed by atoms with Crippen LogP contribution >= 0.6 is 22.9 Å². The molecule has 0 radical (unpaired) electrons. The molecule has 0 saturated carbocycles. The van der Waals surface area contributed by atoms with Gasteiger partial charge in [0.1, 0.15) is 4.88 Å². The average molecular weight is 273 g/mol. The molecule has 1 N–H and O–H groups in total. The van der Waals surface area contributed by atoms with Crippen molar-refractivity contribution in [3.05, 3.63) is 21.3 Å². The number of nitrogens with one attached hydrogen (secondary N) is 1. The van der Waals surface area contributed by atoms with Crippen LogP contribution < -0.4 is 5.32 Å². The molecule has 1 aliphatic rings. The Morgan fingerprint density at radius 3 is 3.12 bits per heavy atom. The fraction of sp³-hybridized carbons (Fsp3) is 0.583. The zero-order chi connectivity index (χ0) is 12.3. The second-order valence-electron chi connectivity index (χ2n) is 4.44. The van der Waals surface area contributed by atoms with E-state index in [-0.39, 0.29) is 5.91 Å². The second-order valence-corrected chi connectivity index (χ2v) is 5.76. The van der Waals surface area contributed by atoms with E-state index in [2.05, 4.69) is 17.3 Å². The van der Waals surface area contributed by atoms with E-state index < -0.39 is 0 Å². The molecular formula is C12H17ClN2OS. The Morgan fingerprint density at radius 1 is 1.65 bits per heavy atom. The normalized spacial score (nSPS) is 21.4. The average Bonchev–Trinajstić information content (AvgIpc) is 2.74. The third kappa shape index (κ3) is 3.21. The fourth-order valence-electron chi connectivity index (χ4n) is 2.15. The molecule has 1 saturated heterocycles. The number of piperidine rings is 1. The smallest absolute Gasteiger partial charge is 0.262 e. The fourth-order valence-corrected chi connectivity index (χ4v) is 3.21. The van der Waals surface area contributed by atoms with Gasteiger partial charge in [-0.15, -0.1) is 11.3 Å². The molecule has 1 amide bonds. The van der Waals surface area contributed by atoms with Crippen molar-refractivity contribution in [2.45, 2.75) is 25.3 Å². The molecule has 17 heavy (non-hydrogen) atoms. The van der Waals surface area contributed by atoms with Gasteiger partial charge in [0.05, 0.1) is 5.02 Å². The van der Waals surface area contributed by atoms with Crippen molar-refractivity contribution in [2.75, 3.05) is 20.1 Å². The number of halogens is 1. The van der Waals surface area contributed by atoms with E-state index in [1.807, 2.05) is 5.38 Å². The molecule has 0 unspecified atom stereocenters. The Bertz CT molecular complexity index is 394. The standard InChI is InChI=1S/C12H17ClN2OS/c1-15-6-3-2-4-9(15)8-14-12(16)11-10(13)5-7-17-11/h5,7,9H,2-4,6,8H2,1H3,(H,14,16)/t9-/m1/s1. The number of carbonyl (C=O) groups is 1. The molecule has 1 atom stereocenters. The van der Waals surface area contributed by atoms with E-state index in [0.717, 1.165) is 13.0 Å². The van der Waals surface area contributed by atoms with Crippen LogP contribution in [-0.2, 0) is 0 Å². The summed E-state index contributed by atoms with van der Waals surface area (Å²) in [5, 5.41) is 5.35. The third-order valence-corrected chi connectivity index (χ3v) is 4.58. The number of amides is 1. The van der Waals surface area contributed by atoms with E-state index in [1.54, 1.807) is 6.07 Å². The van der Waals surface area contributed by atoms with E-state index >= 15 is 0 Å². The second kappa shape index (κ2) is 5.85. The largest absolute Gasteiger partial charge is 0.350 e. The number of carbonyl (C=O) groups excluding carboxylic acids is 1. The molecule has 1 aromatic rings. The first-order chi connectivity index (χ1) is 8.18. The lowest BCUT2D eigenvalue weighted by molar-refractivity contribution is 0.0932. The summed E-state index contributed by atoms with van der Waals surface area (Å²) in [7, 11) is 2.12. The number of likely N-dealkylation sites (tertiary alicyclic amines) is 1. The lowest BCUT2D eigenvalue weighted by atomic mass is 10.0. The van der Waals surface area contributed by atoms with Crippen LogP contribution in [0, 0.1) is 0 Å². The minimum Gasteiger partial charge on any atom is -0.350 e. The molecule has 0 aromatic carbocycles. The summed E-state index contributed by atoms with van der Waals surface area (Å²) < 4.78 is 0. The molecule has 0 aliphatic carbocycles. The van der Waals surface area contributed by atoms with Crippen molar-refractivity contribution in [1.82, 2.24) is 10.2 Å². The van der Waals surface area contributed by atoms with Crippen molar-refractivity contribution in [1.29, 1.82) is 0 Å². The maximum Gasteiger partial charge on any atom is 0.262 e. The highest BCUT2D eigenvalue weighted by Crippen LogP contribution is 2.21. The highest BCUT2D eigenvalue weighted by Gasteiger charge is 2.20. The lowest BCUT2D eigenvalue weighted by Crippen LogP contribution is -2.44. The summed E-state index contributed by atoms with van der Waals surface area (Å²) in [4.78, 5) is 14.8. The van der Waals surface area contributed by atoms with Crippen LogP contribution in [0.1, 0.15) is 28.9 Å². The highest BCUT2D eigenvalue weighted by atomic mass is 35.5. The topological polar surface area (TPSA) is 32.3 Å². The Labute approximate surface area is 111 Å². The maximum absolute atomic E-state index is 11.9. The molecule has 5 heteroatoms. The minimum absolute atomic E-state index is 0.0519. The van der Waals surface area contributed by atoms with Gasteiger partial charge in [0.2, 0.25) is 0 Å². The van der Waals surface area contributed by atoms with E-state index in [4.69, 9.17) is 11.6 Å². The quantitative estimate of drug-likeness (QED) is 0.917. The molecule has 94 valence electrons. The monoisotopic (exact) mass is 272 g/mol. The van der Waals surface area contributed by atoms with Crippen LogP contribution in [0.25, 0.3) is 0 Å². The van der Waals surface area contributed by atoms with Crippen molar-refractivity contribution in [3.63, 3.8) is 0 Å². The van der Waals surface area contributed by atoms with Crippen LogP contribution in [0.5, 0.6) is 0 Å². The Hall–Kier alpha value is -0.580. The van der Waals surface area contributed by atoms with Crippen LogP contribution in [-0.4, -0.2) is 37.0 Å². The van der Waals surface area contributed by atoms with Gasteiger partial charge in [-0.3, -0.25) is 4.79 Å². The molecule has 0 spiro atoms. The Balaban J connectivity index is 1.86. The van der Waals surface area contributed by atoms with Gasteiger partial charge in [-0.05, 0) is 37.9 Å². The molecule has 1 fully saturated rings. The Kier molecular flexibility index (Phi) is 4.42. The summed E-state index contributed by atoms with van der Waals surface area (Å²) in [5.41, 5.74) is 0. The summed E-state index contributed by atoms with van der Waals surface area (Å²) >= 11 is 7.31. The van der Waals surface area contributed by atoms with Crippen molar-refractivity contribution in [3.8, 4) is 0 Å². The predicted molar refractivity (Wildman–Crippen MR) is 71.9 cm³/mol. The number of rotatable bonds is 3. The first-order valence-electron chi connectivity index (χ1n) is 5.90. The van der Waals surface area contributed by atoms with Gasteiger partial charge in [-0.1, -0.05) is 18.0 Å². The predicted octanol–water partition coefficient (Wildman–Crippen LogP) is 2.62. The van der Waals surface area contributed by atoms with Crippen molar-refractivity contribution < 1.29 is 4.79 Å². The molecule has 1 aromatic heterocycles. The molecule has 2 heterocycles. The number of thiophene rings is 1. The van der Waals surface area contributed by atoms with Gasteiger partial charge >= 0.3 is 0 Å². The first kappa shape index (κ1) is 12.9. The molecule has 1 aliphatic heterocycles. The summed E-state index contributed by atoms with van der Waals surface area (Å²) in [6.07, 6.45) is 3.68. The summed E-state index contributed by atoms with van der Waals surface area (Å²) in [5.74, 6) is -0.0519. The van der Waals surface area contributed by atoms with E-state index in [1.165, 1.54) is 24.2 Å². The molecule has 3 nitrogen and oxygen atoms in total. The number of nitrogens with zero attached hydrogens (tertiary/aromatic N) is 1. The SMILES string of the molecule is CN1CCCC[C@@H]1CNC(=O)c1sccc1Cl. The van der Waals surface area contributed by atoms with Crippen LogP contribution in [0.4, 0.5) is 0 Å². The summed E-state index contributed by atoms with van der Waals surface area (Å²) in [6, 6.07) is 2.22. The van der Waals surface area contributed by atoms with Crippen molar-refractivity contribution >= 4 is 28.8 Å². The Morgan fingerprint density at radius 2 is 2.47 bits per heavy atom. The zero-order valence-corrected chi connectivity index (χ0v) is 11.5. The van der Waals surface area contributed by atoms with E-state index in [0.29, 0.717) is 22.5 Å². The number of hydrogen-bond acceptors (Lipinski definition) is 3. The van der Waals surface area contributed by atoms with Gasteiger partial charge < -0.3 is 10.2 Å². The third-order valence-electron chi connectivity index (χ3n) is 3.24.